The smallest absolute Gasteiger partial charge is 0.146 e. The molecule has 0 saturated carbocycles. The summed E-state index contributed by atoms with van der Waals surface area (Å²) in [5.41, 5.74) is 3.26. The van der Waals surface area contributed by atoms with Crippen LogP contribution in [0.25, 0.3) is 21.3 Å². The molecule has 4 heterocycles. The summed E-state index contributed by atoms with van der Waals surface area (Å²) < 4.78 is 7.51. The maximum atomic E-state index is 5.51. The van der Waals surface area contributed by atoms with E-state index in [-0.39, 0.29) is 0 Å². The van der Waals surface area contributed by atoms with Gasteiger partial charge in [-0.2, -0.15) is 5.10 Å². The highest BCUT2D eigenvalue weighted by molar-refractivity contribution is 7.17. The number of rotatable bonds is 10. The molecular formula is C26H33N7OS. The number of ether oxygens (including phenoxy) is 1. The number of hydrogen-bond acceptors (Lipinski definition) is 8. The Morgan fingerprint density at radius 1 is 1.09 bits per heavy atom. The maximum Gasteiger partial charge on any atom is 0.146 e. The van der Waals surface area contributed by atoms with E-state index in [1.165, 1.54) is 5.56 Å². The van der Waals surface area contributed by atoms with E-state index in [2.05, 4.69) is 69.9 Å². The lowest BCUT2D eigenvalue weighted by atomic mass is 10.1. The molecule has 1 N–H and O–H groups in total. The molecule has 1 saturated heterocycles. The monoisotopic (exact) mass is 491 g/mol. The third-order valence-electron chi connectivity index (χ3n) is 6.47. The van der Waals surface area contributed by atoms with Crippen molar-refractivity contribution in [3.63, 3.8) is 0 Å². The van der Waals surface area contributed by atoms with Crippen molar-refractivity contribution in [3.8, 4) is 11.1 Å². The van der Waals surface area contributed by atoms with Gasteiger partial charge in [-0.1, -0.05) is 44.2 Å². The molecule has 1 aliphatic heterocycles. The van der Waals surface area contributed by atoms with Crippen LogP contribution in [0.15, 0.2) is 48.1 Å². The van der Waals surface area contributed by atoms with Crippen LogP contribution in [0.2, 0.25) is 0 Å². The summed E-state index contributed by atoms with van der Waals surface area (Å²) in [7, 11) is 0. The third kappa shape index (κ3) is 5.70. The van der Waals surface area contributed by atoms with Crippen molar-refractivity contribution in [2.24, 2.45) is 0 Å². The van der Waals surface area contributed by atoms with Crippen LogP contribution in [0.3, 0.4) is 0 Å². The minimum atomic E-state index is 0.718. The number of fused-ring (bicyclic) bond motifs is 1. The molecule has 0 radical (unpaired) electrons. The van der Waals surface area contributed by atoms with Gasteiger partial charge < -0.3 is 15.0 Å². The zero-order valence-corrected chi connectivity index (χ0v) is 21.3. The highest BCUT2D eigenvalue weighted by Gasteiger charge is 2.19. The predicted molar refractivity (Wildman–Crippen MR) is 142 cm³/mol. The lowest BCUT2D eigenvalue weighted by Crippen LogP contribution is -2.36. The molecule has 1 fully saturated rings. The number of hydrogen-bond donors (Lipinski definition) is 1. The summed E-state index contributed by atoms with van der Waals surface area (Å²) in [6.45, 7) is 12.4. The van der Waals surface area contributed by atoms with E-state index < -0.39 is 0 Å². The van der Waals surface area contributed by atoms with Crippen molar-refractivity contribution < 1.29 is 4.74 Å². The Labute approximate surface area is 210 Å². The first-order valence-electron chi connectivity index (χ1n) is 12.4. The highest BCUT2D eigenvalue weighted by Crippen LogP contribution is 2.38. The van der Waals surface area contributed by atoms with Gasteiger partial charge in [0, 0.05) is 36.8 Å². The summed E-state index contributed by atoms with van der Waals surface area (Å²) in [6.07, 6.45) is 3.94. The van der Waals surface area contributed by atoms with Crippen molar-refractivity contribution in [2.75, 3.05) is 51.3 Å². The zero-order valence-electron chi connectivity index (χ0n) is 20.5. The number of nitrogens with one attached hydrogen (secondary N) is 1. The molecule has 0 unspecified atom stereocenters. The predicted octanol–water partition coefficient (Wildman–Crippen LogP) is 4.47. The Morgan fingerprint density at radius 2 is 1.89 bits per heavy atom. The van der Waals surface area contributed by atoms with Gasteiger partial charge in [0.1, 0.15) is 16.5 Å². The molecule has 1 aliphatic rings. The molecule has 0 atom stereocenters. The van der Waals surface area contributed by atoms with Crippen LogP contribution < -0.4 is 5.32 Å². The molecule has 3 aromatic heterocycles. The lowest BCUT2D eigenvalue weighted by molar-refractivity contribution is 0.0331. The molecule has 1 aromatic carbocycles. The summed E-state index contributed by atoms with van der Waals surface area (Å²) in [4.78, 5) is 15.7. The van der Waals surface area contributed by atoms with Crippen LogP contribution in [-0.4, -0.2) is 75.5 Å². The fourth-order valence-electron chi connectivity index (χ4n) is 4.41. The van der Waals surface area contributed by atoms with Crippen LogP contribution in [0.4, 0.5) is 11.5 Å². The van der Waals surface area contributed by atoms with Gasteiger partial charge in [-0.05, 0) is 18.7 Å². The van der Waals surface area contributed by atoms with E-state index >= 15 is 0 Å². The standard InChI is InChI=1S/C26H33N7OS/c1-3-31(4-2)10-11-33-17-21(16-27-33)28-25-24-22(20-8-6-5-7-9-20)19-35-26(24)30-23(29-25)18-32-12-14-34-15-13-32/h5-9,16-17,19H,3-4,10-15,18H2,1-2H3,(H,28,29,30). The Morgan fingerprint density at radius 3 is 2.66 bits per heavy atom. The van der Waals surface area contributed by atoms with Gasteiger partial charge in [-0.25, -0.2) is 9.97 Å². The number of morpholine rings is 1. The van der Waals surface area contributed by atoms with Crippen LogP contribution >= 0.6 is 11.3 Å². The van der Waals surface area contributed by atoms with Gasteiger partial charge in [0.2, 0.25) is 0 Å². The van der Waals surface area contributed by atoms with Crippen molar-refractivity contribution in [1.82, 2.24) is 29.5 Å². The average molecular weight is 492 g/mol. The molecule has 9 heteroatoms. The van der Waals surface area contributed by atoms with E-state index in [0.29, 0.717) is 0 Å². The van der Waals surface area contributed by atoms with Gasteiger partial charge in [0.25, 0.3) is 0 Å². The van der Waals surface area contributed by atoms with Crippen LogP contribution in [0.5, 0.6) is 0 Å². The number of aromatic nitrogens is 4. The Hall–Kier alpha value is -2.85. The van der Waals surface area contributed by atoms with Gasteiger partial charge in [-0.15, -0.1) is 11.3 Å². The summed E-state index contributed by atoms with van der Waals surface area (Å²) in [5.74, 6) is 1.67. The van der Waals surface area contributed by atoms with Gasteiger partial charge in [0.05, 0.1) is 43.6 Å². The van der Waals surface area contributed by atoms with Gasteiger partial charge >= 0.3 is 0 Å². The Balaban J connectivity index is 1.45. The van der Waals surface area contributed by atoms with Gasteiger partial charge in [0.15, 0.2) is 0 Å². The van der Waals surface area contributed by atoms with E-state index in [9.17, 15) is 0 Å². The fourth-order valence-corrected chi connectivity index (χ4v) is 5.37. The average Bonchev–Trinajstić information content (AvgIpc) is 3.53. The molecule has 8 nitrogen and oxygen atoms in total. The van der Waals surface area contributed by atoms with Gasteiger partial charge in [-0.3, -0.25) is 9.58 Å². The first kappa shape index (κ1) is 23.9. The van der Waals surface area contributed by atoms with Crippen molar-refractivity contribution in [3.05, 3.63) is 53.9 Å². The summed E-state index contributed by atoms with van der Waals surface area (Å²) in [5, 5.41) is 11.4. The second-order valence-corrected chi connectivity index (χ2v) is 9.57. The van der Waals surface area contributed by atoms with Crippen molar-refractivity contribution in [2.45, 2.75) is 26.9 Å². The maximum absolute atomic E-state index is 5.51. The lowest BCUT2D eigenvalue weighted by Gasteiger charge is -2.25. The normalized spacial score (nSPS) is 14.7. The minimum absolute atomic E-state index is 0.718. The zero-order chi connectivity index (χ0) is 24.0. The first-order chi connectivity index (χ1) is 17.2. The Kier molecular flexibility index (Phi) is 7.68. The Bertz CT molecular complexity index is 1230. The number of thiophene rings is 1. The fraction of sp³-hybridized carbons (Fsp3) is 0.423. The second-order valence-electron chi connectivity index (χ2n) is 8.72. The van der Waals surface area contributed by atoms with E-state index in [0.717, 1.165) is 92.1 Å². The molecule has 0 amide bonds. The number of anilines is 2. The summed E-state index contributed by atoms with van der Waals surface area (Å²) >= 11 is 1.67. The molecule has 5 rings (SSSR count). The number of benzene rings is 1. The minimum Gasteiger partial charge on any atom is -0.379 e. The van der Waals surface area contributed by atoms with Crippen LogP contribution in [0.1, 0.15) is 19.7 Å². The van der Waals surface area contributed by atoms with E-state index in [1.807, 2.05) is 16.9 Å². The van der Waals surface area contributed by atoms with Crippen LogP contribution in [0, 0.1) is 0 Å². The molecular weight excluding hydrogens is 458 g/mol. The third-order valence-corrected chi connectivity index (χ3v) is 7.34. The largest absolute Gasteiger partial charge is 0.379 e. The summed E-state index contributed by atoms with van der Waals surface area (Å²) in [6, 6.07) is 10.5. The highest BCUT2D eigenvalue weighted by atomic mass is 32.1. The molecule has 0 aliphatic carbocycles. The van der Waals surface area contributed by atoms with Crippen molar-refractivity contribution in [1.29, 1.82) is 0 Å². The number of nitrogens with zero attached hydrogens (tertiary/aromatic N) is 6. The van der Waals surface area contributed by atoms with E-state index in [1.54, 1.807) is 11.3 Å². The molecule has 35 heavy (non-hydrogen) atoms. The molecule has 0 spiro atoms. The quantitative estimate of drug-likeness (QED) is 0.351. The topological polar surface area (TPSA) is 71.3 Å². The number of likely N-dealkylation sites (N-methyl/N-ethyl adjacent to an activating group) is 1. The van der Waals surface area contributed by atoms with E-state index in [4.69, 9.17) is 14.7 Å². The molecule has 4 aromatic rings. The molecule has 0 bridgehead atoms. The van der Waals surface area contributed by atoms with Crippen LogP contribution in [-0.2, 0) is 17.8 Å². The first-order valence-corrected chi connectivity index (χ1v) is 13.3. The van der Waals surface area contributed by atoms with Crippen molar-refractivity contribution >= 4 is 33.1 Å². The SMILES string of the molecule is CCN(CC)CCn1cc(Nc2nc(CN3CCOCC3)nc3scc(-c4ccccc4)c23)cn1. The second kappa shape index (κ2) is 11.3. The molecule has 184 valence electrons.